The molecule has 0 atom stereocenters. The summed E-state index contributed by atoms with van der Waals surface area (Å²) in [6.07, 6.45) is 6.02. The maximum absolute atomic E-state index is 10.7. The molecule has 1 aromatic rings. The average Bonchev–Trinajstić information content (AvgIpc) is 2.46. The molecule has 1 rings (SSSR count). The molecule has 1 N–H and O–H groups in total. The van der Waals surface area contributed by atoms with Crippen molar-refractivity contribution in [1.82, 2.24) is 0 Å². The van der Waals surface area contributed by atoms with Crippen LogP contribution in [0.1, 0.15) is 36.0 Å². The highest BCUT2D eigenvalue weighted by Crippen LogP contribution is 2.13. The Morgan fingerprint density at radius 3 is 2.35 bits per heavy atom. The van der Waals surface area contributed by atoms with Crippen LogP contribution in [-0.4, -0.2) is 30.9 Å². The predicted molar refractivity (Wildman–Crippen MR) is 78.4 cm³/mol. The van der Waals surface area contributed by atoms with Crippen LogP contribution in [0.25, 0.3) is 0 Å². The predicted octanol–water partition coefficient (Wildman–Crippen LogP) is 3.53. The minimum Gasteiger partial charge on any atom is -0.494 e. The van der Waals surface area contributed by atoms with Crippen LogP contribution in [0.3, 0.4) is 0 Å². The normalized spacial score (nSPS) is 10.2. The summed E-state index contributed by atoms with van der Waals surface area (Å²) in [5.74, 6) is -0.209. The number of unbranched alkanes of at least 4 members (excludes halogenated alkanes) is 3. The fourth-order valence-electron chi connectivity index (χ4n) is 1.71. The van der Waals surface area contributed by atoms with Crippen molar-refractivity contribution in [2.24, 2.45) is 0 Å². The van der Waals surface area contributed by atoms with E-state index in [0.717, 1.165) is 32.3 Å². The van der Waals surface area contributed by atoms with Gasteiger partial charge < -0.3 is 14.6 Å². The van der Waals surface area contributed by atoms with Gasteiger partial charge in [0.2, 0.25) is 0 Å². The monoisotopic (exact) mass is 278 g/mol. The first-order valence-electron chi connectivity index (χ1n) is 6.89. The Hall–Kier alpha value is -1.81. The molecule has 0 fully saturated rings. The van der Waals surface area contributed by atoms with Gasteiger partial charge in [-0.05, 0) is 43.5 Å². The number of benzene rings is 1. The summed E-state index contributed by atoms with van der Waals surface area (Å²) in [5, 5.41) is 8.77. The zero-order chi connectivity index (χ0) is 14.6. The maximum atomic E-state index is 10.7. The van der Waals surface area contributed by atoms with Crippen molar-refractivity contribution in [3.63, 3.8) is 0 Å². The van der Waals surface area contributed by atoms with E-state index in [2.05, 4.69) is 6.58 Å². The fourth-order valence-corrected chi connectivity index (χ4v) is 1.71. The van der Waals surface area contributed by atoms with Crippen LogP contribution in [-0.2, 0) is 4.74 Å². The Labute approximate surface area is 120 Å². The van der Waals surface area contributed by atoms with Gasteiger partial charge in [-0.2, -0.15) is 0 Å². The van der Waals surface area contributed by atoms with Crippen molar-refractivity contribution in [2.45, 2.75) is 25.7 Å². The molecule has 0 saturated heterocycles. The van der Waals surface area contributed by atoms with Crippen molar-refractivity contribution in [3.05, 3.63) is 42.5 Å². The van der Waals surface area contributed by atoms with Gasteiger partial charge >= 0.3 is 5.97 Å². The van der Waals surface area contributed by atoms with Gasteiger partial charge in [0.1, 0.15) is 5.75 Å². The molecule has 0 heterocycles. The number of carboxylic acid groups (broad SMARTS) is 1. The lowest BCUT2D eigenvalue weighted by Crippen LogP contribution is -2.00. The van der Waals surface area contributed by atoms with Gasteiger partial charge in [0.15, 0.2) is 0 Å². The largest absolute Gasteiger partial charge is 0.494 e. The average molecular weight is 278 g/mol. The Morgan fingerprint density at radius 1 is 1.10 bits per heavy atom. The highest BCUT2D eigenvalue weighted by atomic mass is 16.5. The minimum atomic E-state index is -0.921. The van der Waals surface area contributed by atoms with Crippen LogP contribution in [0.2, 0.25) is 0 Å². The Kier molecular flexibility index (Phi) is 8.15. The second-order valence-corrected chi connectivity index (χ2v) is 4.46. The fraction of sp³-hybridized carbons (Fsp3) is 0.438. The summed E-state index contributed by atoms with van der Waals surface area (Å²) in [7, 11) is 0. The molecule has 0 aromatic heterocycles. The van der Waals surface area contributed by atoms with E-state index >= 15 is 0 Å². The first kappa shape index (κ1) is 16.2. The molecule has 20 heavy (non-hydrogen) atoms. The summed E-state index contributed by atoms with van der Waals surface area (Å²) in [6.45, 7) is 5.64. The van der Waals surface area contributed by atoms with Crippen molar-refractivity contribution in [1.29, 1.82) is 0 Å². The van der Waals surface area contributed by atoms with Crippen molar-refractivity contribution in [3.8, 4) is 5.75 Å². The van der Waals surface area contributed by atoms with Crippen LogP contribution >= 0.6 is 0 Å². The molecule has 0 aliphatic heterocycles. The van der Waals surface area contributed by atoms with Gasteiger partial charge in [-0.3, -0.25) is 0 Å². The van der Waals surface area contributed by atoms with Crippen LogP contribution in [0, 0.1) is 0 Å². The van der Waals surface area contributed by atoms with Crippen LogP contribution in [0.5, 0.6) is 5.75 Å². The Bertz CT molecular complexity index is 397. The van der Waals surface area contributed by atoms with Crippen LogP contribution in [0.4, 0.5) is 0 Å². The number of hydrogen-bond donors (Lipinski definition) is 1. The van der Waals surface area contributed by atoms with E-state index in [1.54, 1.807) is 30.3 Å². The first-order chi connectivity index (χ1) is 9.74. The molecule has 0 radical (unpaired) electrons. The summed E-state index contributed by atoms with van der Waals surface area (Å²) in [5.41, 5.74) is 0.275. The van der Waals surface area contributed by atoms with Crippen molar-refractivity contribution in [2.75, 3.05) is 19.8 Å². The molecule has 0 aliphatic carbocycles. The quantitative estimate of drug-likeness (QED) is 0.497. The third kappa shape index (κ3) is 6.95. The van der Waals surface area contributed by atoms with Crippen molar-refractivity contribution < 1.29 is 19.4 Å². The summed E-state index contributed by atoms with van der Waals surface area (Å²) in [6, 6.07) is 6.47. The number of aromatic carboxylic acids is 1. The third-order valence-electron chi connectivity index (χ3n) is 2.79. The number of rotatable bonds is 11. The second-order valence-electron chi connectivity index (χ2n) is 4.46. The standard InChI is InChI=1S/C16H22O4/c1-2-11-19-12-5-3-4-6-13-20-15-9-7-14(8-10-15)16(17)18/h2,7-10H,1,3-6,11-13H2,(H,17,18). The lowest BCUT2D eigenvalue weighted by atomic mass is 10.2. The van der Waals surface area contributed by atoms with Gasteiger partial charge in [0.05, 0.1) is 18.8 Å². The van der Waals surface area contributed by atoms with E-state index in [-0.39, 0.29) is 5.56 Å². The molecule has 0 bridgehead atoms. The van der Waals surface area contributed by atoms with E-state index in [1.165, 1.54) is 0 Å². The zero-order valence-corrected chi connectivity index (χ0v) is 11.7. The number of carbonyl (C=O) groups is 1. The minimum absolute atomic E-state index is 0.275. The highest BCUT2D eigenvalue weighted by molar-refractivity contribution is 5.87. The molecule has 110 valence electrons. The number of ether oxygens (including phenoxy) is 2. The molecular weight excluding hydrogens is 256 g/mol. The van der Waals surface area contributed by atoms with Gasteiger partial charge in [-0.1, -0.05) is 12.5 Å². The molecule has 0 saturated carbocycles. The zero-order valence-electron chi connectivity index (χ0n) is 11.7. The molecule has 1 aromatic carbocycles. The SMILES string of the molecule is C=CCOCCCCCCOc1ccc(C(=O)O)cc1. The molecular formula is C16H22O4. The molecule has 0 amide bonds. The van der Waals surface area contributed by atoms with E-state index in [1.807, 2.05) is 0 Å². The number of carboxylic acids is 1. The van der Waals surface area contributed by atoms with Gasteiger partial charge in [0, 0.05) is 6.61 Å². The maximum Gasteiger partial charge on any atom is 0.335 e. The topological polar surface area (TPSA) is 55.8 Å². The summed E-state index contributed by atoms with van der Waals surface area (Å²) >= 11 is 0. The lowest BCUT2D eigenvalue weighted by molar-refractivity contribution is 0.0697. The van der Waals surface area contributed by atoms with E-state index in [9.17, 15) is 4.79 Å². The highest BCUT2D eigenvalue weighted by Gasteiger charge is 2.01. The molecule has 0 spiro atoms. The van der Waals surface area contributed by atoms with Crippen LogP contribution < -0.4 is 4.74 Å². The van der Waals surface area contributed by atoms with E-state index in [0.29, 0.717) is 19.0 Å². The molecule has 4 nitrogen and oxygen atoms in total. The molecule has 0 aliphatic rings. The van der Waals surface area contributed by atoms with Crippen molar-refractivity contribution >= 4 is 5.97 Å². The molecule has 4 heteroatoms. The summed E-state index contributed by atoms with van der Waals surface area (Å²) < 4.78 is 10.8. The molecule has 0 unspecified atom stereocenters. The summed E-state index contributed by atoms with van der Waals surface area (Å²) in [4.78, 5) is 10.7. The van der Waals surface area contributed by atoms with E-state index < -0.39 is 5.97 Å². The first-order valence-corrected chi connectivity index (χ1v) is 6.89. The van der Waals surface area contributed by atoms with Gasteiger partial charge in [-0.25, -0.2) is 4.79 Å². The lowest BCUT2D eigenvalue weighted by Gasteiger charge is -2.06. The van der Waals surface area contributed by atoms with Crippen LogP contribution in [0.15, 0.2) is 36.9 Å². The number of hydrogen-bond acceptors (Lipinski definition) is 3. The third-order valence-corrected chi connectivity index (χ3v) is 2.79. The Balaban J connectivity index is 2.03. The smallest absolute Gasteiger partial charge is 0.335 e. The second kappa shape index (κ2) is 10.0. The van der Waals surface area contributed by atoms with Gasteiger partial charge in [0.25, 0.3) is 0 Å². The van der Waals surface area contributed by atoms with Gasteiger partial charge in [-0.15, -0.1) is 6.58 Å². The Morgan fingerprint density at radius 2 is 1.75 bits per heavy atom. The van der Waals surface area contributed by atoms with E-state index in [4.69, 9.17) is 14.6 Å².